The first-order valence-corrected chi connectivity index (χ1v) is 9.34. The lowest BCUT2D eigenvalue weighted by Crippen LogP contribution is -2.60. The Morgan fingerprint density at radius 1 is 1.36 bits per heavy atom. The van der Waals surface area contributed by atoms with Gasteiger partial charge in [-0.15, -0.1) is 11.3 Å². The van der Waals surface area contributed by atoms with Crippen molar-refractivity contribution in [3.05, 3.63) is 39.7 Å². The average Bonchev–Trinajstić information content (AvgIpc) is 2.92. The maximum atomic E-state index is 12.0. The first-order chi connectivity index (χ1) is 10.4. The lowest BCUT2D eigenvalue weighted by Gasteiger charge is -2.35. The van der Waals surface area contributed by atoms with Gasteiger partial charge in [0.2, 0.25) is 0 Å². The van der Waals surface area contributed by atoms with Crippen LogP contribution in [0, 0.1) is 0 Å². The fourth-order valence-corrected chi connectivity index (χ4v) is 4.29. The van der Waals surface area contributed by atoms with E-state index in [-0.39, 0.29) is 12.6 Å². The molecule has 0 atom stereocenters. The number of benzene rings is 1. The van der Waals surface area contributed by atoms with Gasteiger partial charge in [-0.25, -0.2) is 4.98 Å². The van der Waals surface area contributed by atoms with Gasteiger partial charge in [0.15, 0.2) is 0 Å². The quantitative estimate of drug-likeness (QED) is 0.846. The van der Waals surface area contributed by atoms with Crippen molar-refractivity contribution in [2.45, 2.75) is 12.6 Å². The Balaban J connectivity index is 1.63. The van der Waals surface area contributed by atoms with Crippen LogP contribution in [0.25, 0.3) is 11.3 Å². The monoisotopic (exact) mass is 358 g/mol. The Morgan fingerprint density at radius 2 is 2.05 bits per heavy atom. The highest BCUT2D eigenvalue weighted by Crippen LogP contribution is 2.23. The van der Waals surface area contributed by atoms with Crippen LogP contribution in [0.2, 0.25) is 5.02 Å². The van der Waals surface area contributed by atoms with E-state index >= 15 is 0 Å². The number of hydrogen-bond acceptors (Lipinski definition) is 5. The van der Waals surface area contributed by atoms with E-state index in [9.17, 15) is 8.42 Å². The number of nitrogens with zero attached hydrogens (tertiary/aromatic N) is 2. The fraction of sp³-hybridized carbons (Fsp3) is 0.308. The summed E-state index contributed by atoms with van der Waals surface area (Å²) < 4.78 is 27.8. The molecule has 0 radical (unpaired) electrons. The molecule has 0 amide bonds. The molecule has 1 aliphatic rings. The summed E-state index contributed by atoms with van der Waals surface area (Å²) in [6.45, 7) is 0.902. The number of aromatic nitrogens is 1. The lowest BCUT2D eigenvalue weighted by molar-refractivity contribution is 0.262. The van der Waals surface area contributed by atoms with E-state index in [1.807, 2.05) is 17.5 Å². The summed E-state index contributed by atoms with van der Waals surface area (Å²) in [5.74, 6) is 0. The molecule has 118 valence electrons. The van der Waals surface area contributed by atoms with Gasteiger partial charge in [0.1, 0.15) is 5.01 Å². The third-order valence-electron chi connectivity index (χ3n) is 3.31. The molecule has 3 rings (SSSR count). The van der Waals surface area contributed by atoms with E-state index in [2.05, 4.69) is 9.71 Å². The molecule has 1 aromatic carbocycles. The van der Waals surface area contributed by atoms with Gasteiger partial charge in [0.05, 0.1) is 12.2 Å². The van der Waals surface area contributed by atoms with Gasteiger partial charge in [-0.3, -0.25) is 0 Å². The predicted octanol–water partition coefficient (Wildman–Crippen LogP) is 1.44. The van der Waals surface area contributed by atoms with Crippen molar-refractivity contribution in [1.82, 2.24) is 14.0 Å². The molecule has 3 N–H and O–H groups in total. The number of thiazole rings is 1. The zero-order chi connectivity index (χ0) is 15.7. The first-order valence-electron chi connectivity index (χ1n) is 6.65. The summed E-state index contributed by atoms with van der Waals surface area (Å²) in [5.41, 5.74) is 7.35. The van der Waals surface area contributed by atoms with Crippen LogP contribution in [0.3, 0.4) is 0 Å². The van der Waals surface area contributed by atoms with Gasteiger partial charge in [0.25, 0.3) is 10.2 Å². The molecule has 2 aromatic rings. The van der Waals surface area contributed by atoms with Gasteiger partial charge < -0.3 is 5.73 Å². The summed E-state index contributed by atoms with van der Waals surface area (Å²) >= 11 is 7.27. The molecule has 0 saturated carbocycles. The summed E-state index contributed by atoms with van der Waals surface area (Å²) in [6, 6.07) is 7.30. The van der Waals surface area contributed by atoms with Gasteiger partial charge in [-0.2, -0.15) is 17.4 Å². The van der Waals surface area contributed by atoms with Crippen molar-refractivity contribution >= 4 is 33.1 Å². The molecule has 22 heavy (non-hydrogen) atoms. The smallest absolute Gasteiger partial charge is 0.279 e. The molecule has 1 fully saturated rings. The summed E-state index contributed by atoms with van der Waals surface area (Å²) in [6.07, 6.45) is 0. The largest absolute Gasteiger partial charge is 0.325 e. The van der Waals surface area contributed by atoms with Crippen LogP contribution in [0.1, 0.15) is 5.01 Å². The summed E-state index contributed by atoms with van der Waals surface area (Å²) in [5, 5.41) is 3.27. The van der Waals surface area contributed by atoms with Crippen molar-refractivity contribution in [1.29, 1.82) is 0 Å². The van der Waals surface area contributed by atoms with Crippen LogP contribution >= 0.6 is 22.9 Å². The van der Waals surface area contributed by atoms with E-state index in [1.54, 1.807) is 12.1 Å². The van der Waals surface area contributed by atoms with Crippen LogP contribution in [-0.2, 0) is 16.8 Å². The van der Waals surface area contributed by atoms with E-state index in [1.165, 1.54) is 15.6 Å². The van der Waals surface area contributed by atoms with Crippen LogP contribution in [0.5, 0.6) is 0 Å². The van der Waals surface area contributed by atoms with Gasteiger partial charge in [-0.05, 0) is 12.1 Å². The molecular formula is C13H15ClN4O2S2. The first kappa shape index (κ1) is 15.9. The molecule has 1 aliphatic heterocycles. The minimum atomic E-state index is -3.46. The molecule has 6 nitrogen and oxygen atoms in total. The average molecular weight is 359 g/mol. The maximum absolute atomic E-state index is 12.0. The molecule has 9 heteroatoms. The highest BCUT2D eigenvalue weighted by Gasteiger charge is 2.33. The van der Waals surface area contributed by atoms with Crippen molar-refractivity contribution in [2.75, 3.05) is 13.1 Å². The topological polar surface area (TPSA) is 88.3 Å². The number of hydrogen-bond donors (Lipinski definition) is 2. The van der Waals surface area contributed by atoms with Crippen LogP contribution in [0.15, 0.2) is 29.6 Å². The van der Waals surface area contributed by atoms with E-state index in [0.717, 1.165) is 11.3 Å². The highest BCUT2D eigenvalue weighted by molar-refractivity contribution is 7.87. The Hall–Kier alpha value is -1.03. The fourth-order valence-electron chi connectivity index (χ4n) is 2.06. The summed E-state index contributed by atoms with van der Waals surface area (Å²) in [4.78, 5) is 4.44. The minimum absolute atomic E-state index is 0.0621. The highest BCUT2D eigenvalue weighted by atomic mass is 35.5. The standard InChI is InChI=1S/C13H15ClN4O2S2/c14-10-3-1-9(2-4-10)12-8-21-13(17-12)5-16-22(19,20)18-6-11(15)7-18/h1-4,8,11,16H,5-7,15H2. The van der Waals surface area contributed by atoms with Crippen molar-refractivity contribution in [2.24, 2.45) is 5.73 Å². The number of halogens is 1. The molecule has 0 spiro atoms. The minimum Gasteiger partial charge on any atom is -0.325 e. The molecule has 1 aromatic heterocycles. The number of nitrogens with two attached hydrogens (primary N) is 1. The number of nitrogens with one attached hydrogen (secondary N) is 1. The molecule has 1 saturated heterocycles. The van der Waals surface area contributed by atoms with Crippen LogP contribution in [0.4, 0.5) is 0 Å². The van der Waals surface area contributed by atoms with E-state index < -0.39 is 10.2 Å². The van der Waals surface area contributed by atoms with Gasteiger partial charge in [-0.1, -0.05) is 23.7 Å². The Morgan fingerprint density at radius 3 is 2.68 bits per heavy atom. The van der Waals surface area contributed by atoms with Crippen molar-refractivity contribution in [3.63, 3.8) is 0 Å². The van der Waals surface area contributed by atoms with Gasteiger partial charge >= 0.3 is 0 Å². The SMILES string of the molecule is NC1CN(S(=O)(=O)NCc2nc(-c3ccc(Cl)cc3)cs2)C1. The summed E-state index contributed by atoms with van der Waals surface area (Å²) in [7, 11) is -3.46. The van der Waals surface area contributed by atoms with Gasteiger partial charge in [0, 0.05) is 35.1 Å². The predicted molar refractivity (Wildman–Crippen MR) is 87.9 cm³/mol. The van der Waals surface area contributed by atoms with Crippen LogP contribution in [-0.4, -0.2) is 36.8 Å². The normalized spacial score (nSPS) is 16.6. The molecule has 0 aliphatic carbocycles. The third-order valence-corrected chi connectivity index (χ3v) is 5.90. The second-order valence-electron chi connectivity index (χ2n) is 5.04. The second-order valence-corrected chi connectivity index (χ2v) is 8.17. The van der Waals surface area contributed by atoms with E-state index in [0.29, 0.717) is 23.1 Å². The third kappa shape index (κ3) is 3.48. The van der Waals surface area contributed by atoms with Crippen molar-refractivity contribution < 1.29 is 8.42 Å². The molecule has 0 unspecified atom stereocenters. The zero-order valence-corrected chi connectivity index (χ0v) is 14.0. The maximum Gasteiger partial charge on any atom is 0.279 e. The van der Waals surface area contributed by atoms with Crippen molar-refractivity contribution in [3.8, 4) is 11.3 Å². The Kier molecular flexibility index (Phi) is 4.49. The molecular weight excluding hydrogens is 344 g/mol. The molecule has 2 heterocycles. The second kappa shape index (κ2) is 6.23. The van der Waals surface area contributed by atoms with Crippen LogP contribution < -0.4 is 10.5 Å². The Bertz CT molecular complexity index is 755. The van der Waals surface area contributed by atoms with E-state index in [4.69, 9.17) is 17.3 Å². The lowest BCUT2D eigenvalue weighted by atomic mass is 10.2. The number of rotatable bonds is 5. The zero-order valence-electron chi connectivity index (χ0n) is 11.6. The molecule has 0 bridgehead atoms. The Labute approximate surface area is 138 Å².